The van der Waals surface area contributed by atoms with Crippen LogP contribution in [0.15, 0.2) is 18.2 Å². The molecule has 148 valence electrons. The Morgan fingerprint density at radius 2 is 2.00 bits per heavy atom. The molecule has 0 unspecified atom stereocenters. The average molecular weight is 371 g/mol. The highest BCUT2D eigenvalue weighted by Crippen LogP contribution is 2.44. The second-order valence-corrected chi connectivity index (χ2v) is 8.70. The van der Waals surface area contributed by atoms with Crippen LogP contribution in [-0.4, -0.2) is 41.8 Å². The number of amides is 1. The van der Waals surface area contributed by atoms with Gasteiger partial charge in [0.25, 0.3) is 0 Å². The largest absolute Gasteiger partial charge is 0.465 e. The van der Waals surface area contributed by atoms with Crippen molar-refractivity contribution in [3.63, 3.8) is 0 Å². The van der Waals surface area contributed by atoms with Gasteiger partial charge in [-0.15, -0.1) is 0 Å². The van der Waals surface area contributed by atoms with Crippen LogP contribution in [0.4, 0.5) is 10.5 Å². The van der Waals surface area contributed by atoms with Crippen LogP contribution >= 0.6 is 0 Å². The van der Waals surface area contributed by atoms with Gasteiger partial charge in [-0.2, -0.15) is 0 Å². The maximum atomic E-state index is 11.6. The van der Waals surface area contributed by atoms with Crippen molar-refractivity contribution in [3.8, 4) is 0 Å². The maximum Gasteiger partial charge on any atom is 0.411 e. The summed E-state index contributed by atoms with van der Waals surface area (Å²) in [7, 11) is 0. The summed E-state index contributed by atoms with van der Waals surface area (Å²) in [5.41, 5.74) is 3.63. The molecule has 1 amide bonds. The van der Waals surface area contributed by atoms with E-state index in [1.54, 1.807) is 0 Å². The summed E-state index contributed by atoms with van der Waals surface area (Å²) < 4.78 is 0. The molecule has 0 radical (unpaired) electrons. The average Bonchev–Trinajstić information content (AvgIpc) is 3.11. The predicted octanol–water partition coefficient (Wildman–Crippen LogP) is 5.27. The number of benzene rings is 1. The fourth-order valence-electron chi connectivity index (χ4n) is 5.93. The van der Waals surface area contributed by atoms with E-state index in [-0.39, 0.29) is 0 Å². The van der Waals surface area contributed by atoms with E-state index >= 15 is 0 Å². The van der Waals surface area contributed by atoms with Crippen LogP contribution < -0.4 is 4.90 Å². The summed E-state index contributed by atoms with van der Waals surface area (Å²) in [6.07, 6.45) is 11.1. The Morgan fingerprint density at radius 3 is 2.74 bits per heavy atom. The van der Waals surface area contributed by atoms with Crippen molar-refractivity contribution < 1.29 is 9.90 Å². The minimum absolute atomic E-state index is 0.507. The molecule has 0 aromatic heterocycles. The third kappa shape index (κ3) is 3.73. The maximum absolute atomic E-state index is 11.6. The molecular weight excluding hydrogens is 336 g/mol. The summed E-state index contributed by atoms with van der Waals surface area (Å²) in [6.45, 7) is 4.90. The number of hydrogen-bond donors (Lipinski definition) is 1. The summed E-state index contributed by atoms with van der Waals surface area (Å²) in [5.74, 6) is 1.54. The lowest BCUT2D eigenvalue weighted by molar-refractivity contribution is 0.199. The first kappa shape index (κ1) is 18.8. The summed E-state index contributed by atoms with van der Waals surface area (Å²) in [5, 5.41) is 9.57. The molecule has 0 spiro atoms. The van der Waals surface area contributed by atoms with E-state index in [0.29, 0.717) is 18.5 Å². The third-order valence-electron chi connectivity index (χ3n) is 7.33. The van der Waals surface area contributed by atoms with E-state index < -0.39 is 6.09 Å². The molecule has 1 aliphatic heterocycles. The van der Waals surface area contributed by atoms with E-state index in [0.717, 1.165) is 18.0 Å². The number of anilines is 1. The van der Waals surface area contributed by atoms with Crippen molar-refractivity contribution in [3.05, 3.63) is 29.3 Å². The van der Waals surface area contributed by atoms with E-state index in [1.807, 2.05) is 13.0 Å². The van der Waals surface area contributed by atoms with Gasteiger partial charge in [-0.05, 0) is 68.8 Å². The summed E-state index contributed by atoms with van der Waals surface area (Å²) in [6, 6.07) is 6.98. The number of rotatable bonds is 5. The Balaban J connectivity index is 1.47. The molecule has 4 nitrogen and oxygen atoms in total. The number of carboxylic acid groups (broad SMARTS) is 1. The standard InChI is InChI=1S/C23H34N2O2/c1-2-25(23(26)27)22-10-6-9-18-19(22)11-12-21-20(18)14-16-24(21)15-13-17-7-4-3-5-8-17/h6,9-10,17,20-21H,2-5,7-8,11-16H2,1H3,(H,26,27)/t20-,21+/m1/s1. The van der Waals surface area contributed by atoms with Crippen LogP contribution in [0.5, 0.6) is 0 Å². The highest BCUT2D eigenvalue weighted by Gasteiger charge is 2.39. The number of hydrogen-bond acceptors (Lipinski definition) is 2. The van der Waals surface area contributed by atoms with Gasteiger partial charge in [-0.25, -0.2) is 4.79 Å². The fraction of sp³-hybridized carbons (Fsp3) is 0.696. The third-order valence-corrected chi connectivity index (χ3v) is 7.33. The first-order chi connectivity index (χ1) is 13.2. The van der Waals surface area contributed by atoms with Crippen LogP contribution in [0.2, 0.25) is 0 Å². The Hall–Kier alpha value is -1.55. The normalized spacial score (nSPS) is 25.8. The van der Waals surface area contributed by atoms with Gasteiger partial charge in [0.15, 0.2) is 0 Å². The number of carbonyl (C=O) groups is 1. The van der Waals surface area contributed by atoms with Crippen molar-refractivity contribution in [2.24, 2.45) is 5.92 Å². The highest BCUT2D eigenvalue weighted by atomic mass is 16.4. The van der Waals surface area contributed by atoms with Gasteiger partial charge in [0.05, 0.1) is 5.69 Å². The van der Waals surface area contributed by atoms with Gasteiger partial charge >= 0.3 is 6.09 Å². The quantitative estimate of drug-likeness (QED) is 0.768. The minimum atomic E-state index is -0.839. The van der Waals surface area contributed by atoms with Gasteiger partial charge < -0.3 is 5.11 Å². The second-order valence-electron chi connectivity index (χ2n) is 8.70. The molecule has 2 aliphatic carbocycles. The van der Waals surface area contributed by atoms with E-state index in [2.05, 4.69) is 17.0 Å². The minimum Gasteiger partial charge on any atom is -0.465 e. The molecule has 1 saturated carbocycles. The molecule has 4 heteroatoms. The lowest BCUT2D eigenvalue weighted by Gasteiger charge is -2.36. The zero-order chi connectivity index (χ0) is 18.8. The van der Waals surface area contributed by atoms with Crippen LogP contribution in [0.3, 0.4) is 0 Å². The first-order valence-electron chi connectivity index (χ1n) is 11.0. The van der Waals surface area contributed by atoms with Gasteiger partial charge in [0.1, 0.15) is 0 Å². The van der Waals surface area contributed by atoms with Crippen molar-refractivity contribution in [1.29, 1.82) is 0 Å². The van der Waals surface area contributed by atoms with E-state index in [9.17, 15) is 9.90 Å². The van der Waals surface area contributed by atoms with Crippen molar-refractivity contribution in [1.82, 2.24) is 4.90 Å². The summed E-state index contributed by atoms with van der Waals surface area (Å²) >= 11 is 0. The van der Waals surface area contributed by atoms with Gasteiger partial charge in [0, 0.05) is 18.5 Å². The molecule has 1 saturated heterocycles. The highest BCUT2D eigenvalue weighted by molar-refractivity contribution is 5.87. The Labute approximate surface area is 163 Å². The zero-order valence-corrected chi connectivity index (χ0v) is 16.7. The zero-order valence-electron chi connectivity index (χ0n) is 16.7. The van der Waals surface area contributed by atoms with E-state index in [4.69, 9.17) is 0 Å². The topological polar surface area (TPSA) is 43.8 Å². The van der Waals surface area contributed by atoms with E-state index in [1.165, 1.54) is 80.5 Å². The van der Waals surface area contributed by atoms with Gasteiger partial charge in [0.2, 0.25) is 0 Å². The fourth-order valence-corrected chi connectivity index (χ4v) is 5.93. The van der Waals surface area contributed by atoms with Gasteiger partial charge in [-0.1, -0.05) is 44.2 Å². The number of likely N-dealkylation sites (tertiary alicyclic amines) is 1. The monoisotopic (exact) mass is 370 g/mol. The molecular formula is C23H34N2O2. The van der Waals surface area contributed by atoms with Crippen LogP contribution in [0.1, 0.15) is 75.3 Å². The lowest BCUT2D eigenvalue weighted by atomic mass is 9.78. The number of fused-ring (bicyclic) bond motifs is 3. The second kappa shape index (κ2) is 8.22. The van der Waals surface area contributed by atoms with Gasteiger partial charge in [-0.3, -0.25) is 9.80 Å². The molecule has 2 fully saturated rings. The molecule has 27 heavy (non-hydrogen) atoms. The van der Waals surface area contributed by atoms with Crippen LogP contribution in [0, 0.1) is 5.92 Å². The Kier molecular flexibility index (Phi) is 5.72. The number of nitrogens with zero attached hydrogens (tertiary/aromatic N) is 2. The molecule has 4 rings (SSSR count). The smallest absolute Gasteiger partial charge is 0.411 e. The van der Waals surface area contributed by atoms with Crippen LogP contribution in [-0.2, 0) is 6.42 Å². The molecule has 1 N–H and O–H groups in total. The van der Waals surface area contributed by atoms with Crippen molar-refractivity contribution in [2.75, 3.05) is 24.5 Å². The molecule has 2 atom stereocenters. The Morgan fingerprint density at radius 1 is 1.19 bits per heavy atom. The SMILES string of the molecule is CCN(C(=O)O)c1cccc2c1CC[C@H]1[C@@H]2CCN1CCC1CCCCC1. The van der Waals surface area contributed by atoms with Crippen molar-refractivity contribution in [2.45, 2.75) is 76.7 Å². The first-order valence-corrected chi connectivity index (χ1v) is 11.0. The van der Waals surface area contributed by atoms with Crippen LogP contribution in [0.25, 0.3) is 0 Å². The molecule has 0 bridgehead atoms. The molecule has 3 aliphatic rings. The van der Waals surface area contributed by atoms with Crippen molar-refractivity contribution >= 4 is 11.8 Å². The molecule has 1 aromatic carbocycles. The lowest BCUT2D eigenvalue weighted by Crippen LogP contribution is -2.37. The molecule has 1 heterocycles. The predicted molar refractivity (Wildman–Crippen MR) is 110 cm³/mol. The molecule has 1 aromatic rings. The Bertz CT molecular complexity index is 668. The summed E-state index contributed by atoms with van der Waals surface area (Å²) in [4.78, 5) is 15.9.